The van der Waals surface area contributed by atoms with Crippen molar-refractivity contribution in [1.29, 1.82) is 0 Å². The molecular formula is C16H28N2. The van der Waals surface area contributed by atoms with E-state index in [0.29, 0.717) is 6.04 Å². The Bertz CT molecular complexity index is 308. The van der Waals surface area contributed by atoms with E-state index in [-0.39, 0.29) is 0 Å². The highest BCUT2D eigenvalue weighted by molar-refractivity contribution is 5.19. The lowest BCUT2D eigenvalue weighted by Crippen LogP contribution is -2.35. The highest BCUT2D eigenvalue weighted by Gasteiger charge is 2.13. The number of benzene rings is 1. The maximum atomic E-state index is 3.65. The fourth-order valence-electron chi connectivity index (χ4n) is 2.30. The third kappa shape index (κ3) is 5.65. The molecule has 1 aromatic carbocycles. The van der Waals surface area contributed by atoms with E-state index in [9.17, 15) is 0 Å². The molecule has 0 saturated carbocycles. The van der Waals surface area contributed by atoms with Crippen molar-refractivity contribution in [2.75, 3.05) is 26.7 Å². The van der Waals surface area contributed by atoms with Crippen LogP contribution in [-0.2, 0) is 0 Å². The minimum atomic E-state index is 0.440. The molecule has 102 valence electrons. The van der Waals surface area contributed by atoms with Crippen LogP contribution in [0.4, 0.5) is 0 Å². The topological polar surface area (TPSA) is 15.3 Å². The van der Waals surface area contributed by atoms with Gasteiger partial charge in [0.15, 0.2) is 0 Å². The van der Waals surface area contributed by atoms with E-state index in [2.05, 4.69) is 68.4 Å². The standard InChI is InChI=1S/C16H28N2/c1-5-11-17-16(13-18(4)12-14(2)3)15-9-7-6-8-10-15/h6-10,14,16-17H,5,11-13H2,1-4H3. The summed E-state index contributed by atoms with van der Waals surface area (Å²) < 4.78 is 0. The lowest BCUT2D eigenvalue weighted by Gasteiger charge is -2.26. The van der Waals surface area contributed by atoms with Gasteiger partial charge >= 0.3 is 0 Å². The molecule has 2 nitrogen and oxygen atoms in total. The maximum absolute atomic E-state index is 3.65. The van der Waals surface area contributed by atoms with Gasteiger partial charge < -0.3 is 10.2 Å². The van der Waals surface area contributed by atoms with Crippen molar-refractivity contribution in [2.24, 2.45) is 5.92 Å². The van der Waals surface area contributed by atoms with Crippen LogP contribution in [0.25, 0.3) is 0 Å². The Kier molecular flexibility index (Phi) is 6.99. The predicted octanol–water partition coefficient (Wildman–Crippen LogP) is 3.32. The van der Waals surface area contributed by atoms with Crippen molar-refractivity contribution in [2.45, 2.75) is 33.2 Å². The quantitative estimate of drug-likeness (QED) is 0.759. The van der Waals surface area contributed by atoms with Gasteiger partial charge in [-0.05, 0) is 31.5 Å². The van der Waals surface area contributed by atoms with Gasteiger partial charge in [-0.3, -0.25) is 0 Å². The first-order valence-electron chi connectivity index (χ1n) is 7.10. The van der Waals surface area contributed by atoms with Crippen LogP contribution >= 0.6 is 0 Å². The van der Waals surface area contributed by atoms with Crippen LogP contribution in [0.1, 0.15) is 38.8 Å². The van der Waals surface area contributed by atoms with E-state index in [1.165, 1.54) is 12.0 Å². The molecular weight excluding hydrogens is 220 g/mol. The van der Waals surface area contributed by atoms with Crippen LogP contribution in [0, 0.1) is 5.92 Å². The molecule has 1 unspecified atom stereocenters. The molecule has 0 saturated heterocycles. The number of hydrogen-bond acceptors (Lipinski definition) is 2. The summed E-state index contributed by atoms with van der Waals surface area (Å²) in [4.78, 5) is 2.42. The van der Waals surface area contributed by atoms with E-state index >= 15 is 0 Å². The second kappa shape index (κ2) is 8.28. The van der Waals surface area contributed by atoms with Crippen LogP contribution in [0.15, 0.2) is 30.3 Å². The molecule has 0 amide bonds. The van der Waals surface area contributed by atoms with E-state index in [1.54, 1.807) is 0 Å². The Morgan fingerprint density at radius 1 is 1.11 bits per heavy atom. The smallest absolute Gasteiger partial charge is 0.0449 e. The molecule has 0 aliphatic heterocycles. The summed E-state index contributed by atoms with van der Waals surface area (Å²) in [7, 11) is 2.21. The number of likely N-dealkylation sites (N-methyl/N-ethyl adjacent to an activating group) is 1. The molecule has 0 spiro atoms. The first kappa shape index (κ1) is 15.2. The highest BCUT2D eigenvalue weighted by Crippen LogP contribution is 2.14. The van der Waals surface area contributed by atoms with Crippen LogP contribution in [0.3, 0.4) is 0 Å². The minimum absolute atomic E-state index is 0.440. The minimum Gasteiger partial charge on any atom is -0.309 e. The van der Waals surface area contributed by atoms with E-state index in [1.807, 2.05) is 0 Å². The first-order valence-corrected chi connectivity index (χ1v) is 7.10. The van der Waals surface area contributed by atoms with Crippen molar-refractivity contribution in [3.05, 3.63) is 35.9 Å². The fraction of sp³-hybridized carbons (Fsp3) is 0.625. The van der Waals surface area contributed by atoms with Crippen molar-refractivity contribution < 1.29 is 0 Å². The van der Waals surface area contributed by atoms with Gasteiger partial charge in [-0.1, -0.05) is 51.1 Å². The summed E-state index contributed by atoms with van der Waals surface area (Å²) in [5.41, 5.74) is 1.39. The second-order valence-electron chi connectivity index (χ2n) is 5.53. The Morgan fingerprint density at radius 2 is 1.78 bits per heavy atom. The normalized spacial score (nSPS) is 13.2. The molecule has 1 rings (SSSR count). The zero-order valence-electron chi connectivity index (χ0n) is 12.3. The zero-order chi connectivity index (χ0) is 13.4. The molecule has 0 heterocycles. The van der Waals surface area contributed by atoms with Crippen LogP contribution < -0.4 is 5.32 Å². The van der Waals surface area contributed by atoms with Gasteiger partial charge in [0.05, 0.1) is 0 Å². The number of hydrogen-bond donors (Lipinski definition) is 1. The summed E-state index contributed by atoms with van der Waals surface area (Å²) in [5, 5.41) is 3.65. The Labute approximate surface area is 112 Å². The summed E-state index contributed by atoms with van der Waals surface area (Å²) >= 11 is 0. The van der Waals surface area contributed by atoms with Gasteiger partial charge in [-0.15, -0.1) is 0 Å². The summed E-state index contributed by atoms with van der Waals surface area (Å²) in [6.07, 6.45) is 1.18. The molecule has 0 aromatic heterocycles. The Balaban J connectivity index is 2.61. The van der Waals surface area contributed by atoms with Gasteiger partial charge in [-0.25, -0.2) is 0 Å². The molecule has 1 atom stereocenters. The third-order valence-corrected chi connectivity index (χ3v) is 3.01. The number of nitrogens with one attached hydrogen (secondary N) is 1. The molecule has 18 heavy (non-hydrogen) atoms. The SMILES string of the molecule is CCCNC(CN(C)CC(C)C)c1ccccc1. The Hall–Kier alpha value is -0.860. The molecule has 1 N–H and O–H groups in total. The van der Waals surface area contributed by atoms with Crippen LogP contribution in [0.5, 0.6) is 0 Å². The maximum Gasteiger partial charge on any atom is 0.0449 e. The summed E-state index contributed by atoms with van der Waals surface area (Å²) in [6, 6.07) is 11.2. The van der Waals surface area contributed by atoms with Gasteiger partial charge in [0.1, 0.15) is 0 Å². The molecule has 1 aromatic rings. The van der Waals surface area contributed by atoms with E-state index in [0.717, 1.165) is 25.6 Å². The molecule has 0 bridgehead atoms. The number of rotatable bonds is 8. The highest BCUT2D eigenvalue weighted by atomic mass is 15.1. The fourth-order valence-corrected chi connectivity index (χ4v) is 2.30. The van der Waals surface area contributed by atoms with Crippen molar-refractivity contribution in [1.82, 2.24) is 10.2 Å². The van der Waals surface area contributed by atoms with Crippen LogP contribution in [0.2, 0.25) is 0 Å². The molecule has 2 heteroatoms. The lowest BCUT2D eigenvalue weighted by molar-refractivity contribution is 0.262. The molecule has 0 aliphatic rings. The molecule has 0 radical (unpaired) electrons. The molecule has 0 fully saturated rings. The van der Waals surface area contributed by atoms with Gasteiger partial charge in [0, 0.05) is 19.1 Å². The average molecular weight is 248 g/mol. The van der Waals surface area contributed by atoms with Gasteiger partial charge in [0.2, 0.25) is 0 Å². The monoisotopic (exact) mass is 248 g/mol. The lowest BCUT2D eigenvalue weighted by atomic mass is 10.1. The summed E-state index contributed by atoms with van der Waals surface area (Å²) in [6.45, 7) is 10.1. The number of nitrogens with zero attached hydrogens (tertiary/aromatic N) is 1. The van der Waals surface area contributed by atoms with Crippen LogP contribution in [-0.4, -0.2) is 31.6 Å². The largest absolute Gasteiger partial charge is 0.309 e. The van der Waals surface area contributed by atoms with Gasteiger partial charge in [0.25, 0.3) is 0 Å². The van der Waals surface area contributed by atoms with E-state index in [4.69, 9.17) is 0 Å². The summed E-state index contributed by atoms with van der Waals surface area (Å²) in [5.74, 6) is 0.720. The van der Waals surface area contributed by atoms with Crippen molar-refractivity contribution in [3.8, 4) is 0 Å². The second-order valence-corrected chi connectivity index (χ2v) is 5.53. The zero-order valence-corrected chi connectivity index (χ0v) is 12.3. The third-order valence-electron chi connectivity index (χ3n) is 3.01. The van der Waals surface area contributed by atoms with Gasteiger partial charge in [-0.2, -0.15) is 0 Å². The predicted molar refractivity (Wildman–Crippen MR) is 79.8 cm³/mol. The van der Waals surface area contributed by atoms with Crippen molar-refractivity contribution in [3.63, 3.8) is 0 Å². The molecule has 0 aliphatic carbocycles. The Morgan fingerprint density at radius 3 is 2.33 bits per heavy atom. The van der Waals surface area contributed by atoms with Crippen molar-refractivity contribution >= 4 is 0 Å². The average Bonchev–Trinajstić information content (AvgIpc) is 2.34. The van der Waals surface area contributed by atoms with E-state index < -0.39 is 0 Å². The first-order chi connectivity index (χ1) is 8.63.